The average molecular weight is 494 g/mol. The van der Waals surface area contributed by atoms with Gasteiger partial charge in [-0.25, -0.2) is 0 Å². The van der Waals surface area contributed by atoms with Crippen molar-refractivity contribution >= 4 is 23.5 Å². The lowest BCUT2D eigenvalue weighted by Gasteiger charge is -2.30. The fourth-order valence-corrected chi connectivity index (χ4v) is 5.01. The number of nitrogens with zero attached hydrogens (tertiary/aromatic N) is 1. The van der Waals surface area contributed by atoms with Gasteiger partial charge in [0.05, 0.1) is 5.56 Å². The van der Waals surface area contributed by atoms with Gasteiger partial charge in [0.25, 0.3) is 0 Å². The van der Waals surface area contributed by atoms with Crippen LogP contribution in [0, 0.1) is 6.92 Å². The molecule has 2 aliphatic heterocycles. The molecule has 5 heteroatoms. The third-order valence-electron chi connectivity index (χ3n) is 6.67. The highest BCUT2D eigenvalue weighted by molar-refractivity contribution is 6.31. The van der Waals surface area contributed by atoms with Crippen molar-refractivity contribution in [2.24, 2.45) is 0 Å². The molecule has 0 radical (unpaired) electrons. The van der Waals surface area contributed by atoms with Crippen molar-refractivity contribution in [3.63, 3.8) is 0 Å². The number of benzene rings is 4. The molecule has 0 aliphatic carbocycles. The third-order valence-corrected chi connectivity index (χ3v) is 7.04. The molecule has 0 bridgehead atoms. The quantitative estimate of drug-likeness (QED) is 0.280. The summed E-state index contributed by atoms with van der Waals surface area (Å²) in [7, 11) is 0. The smallest absolute Gasteiger partial charge is 0.231 e. The lowest BCUT2D eigenvalue weighted by atomic mass is 9.99. The highest BCUT2D eigenvalue weighted by Gasteiger charge is 2.33. The van der Waals surface area contributed by atoms with E-state index in [1.54, 1.807) is 6.08 Å². The molecule has 2 heterocycles. The molecule has 4 nitrogen and oxygen atoms in total. The molecule has 36 heavy (non-hydrogen) atoms. The zero-order valence-corrected chi connectivity index (χ0v) is 20.6. The standard InChI is InChI=1S/C31H24ClNO3/c1-20-30-25(18-33(19-35-30)17-24-9-5-6-10-27(24)32)16-26-29(34)28(36-31(20)26)15-21-11-13-23(14-12-21)22-7-3-2-4-8-22/h2-16H,17-19H2,1H3/b28-15-. The van der Waals surface area contributed by atoms with Gasteiger partial charge in [-0.2, -0.15) is 0 Å². The van der Waals surface area contributed by atoms with Crippen LogP contribution in [0.15, 0.2) is 90.7 Å². The van der Waals surface area contributed by atoms with Crippen molar-refractivity contribution in [3.8, 4) is 22.6 Å². The Labute approximate surface area is 215 Å². The predicted molar refractivity (Wildman–Crippen MR) is 142 cm³/mol. The first-order valence-electron chi connectivity index (χ1n) is 11.9. The fraction of sp³-hybridized carbons (Fsp3) is 0.129. The minimum Gasteiger partial charge on any atom is -0.477 e. The number of carbonyl (C=O) groups excluding carboxylic acids is 1. The van der Waals surface area contributed by atoms with E-state index >= 15 is 0 Å². The van der Waals surface area contributed by atoms with E-state index in [1.807, 2.05) is 67.6 Å². The zero-order valence-electron chi connectivity index (χ0n) is 19.8. The molecular weight excluding hydrogens is 470 g/mol. The topological polar surface area (TPSA) is 38.8 Å². The molecule has 0 saturated carbocycles. The van der Waals surface area contributed by atoms with E-state index in [0.29, 0.717) is 36.9 Å². The second-order valence-electron chi connectivity index (χ2n) is 9.15. The molecule has 4 aromatic rings. The van der Waals surface area contributed by atoms with Crippen molar-refractivity contribution < 1.29 is 14.3 Å². The Morgan fingerprint density at radius 2 is 1.64 bits per heavy atom. The van der Waals surface area contributed by atoms with E-state index in [0.717, 1.165) is 44.2 Å². The van der Waals surface area contributed by atoms with Crippen LogP contribution in [0.4, 0.5) is 0 Å². The average Bonchev–Trinajstić information content (AvgIpc) is 3.21. The SMILES string of the molecule is Cc1c2c(cc3c1O/C(=C\c1ccc(-c4ccccc4)cc1)C3=O)CN(Cc1ccccc1Cl)CO2. The molecule has 2 aliphatic rings. The van der Waals surface area contributed by atoms with Crippen LogP contribution in [0.2, 0.25) is 5.02 Å². The number of ether oxygens (including phenoxy) is 2. The van der Waals surface area contributed by atoms with Crippen molar-refractivity contribution in [3.05, 3.63) is 124 Å². The lowest BCUT2D eigenvalue weighted by Crippen LogP contribution is -2.32. The Balaban J connectivity index is 1.24. The minimum absolute atomic E-state index is 0.105. The number of hydrogen-bond donors (Lipinski definition) is 0. The summed E-state index contributed by atoms with van der Waals surface area (Å²) in [4.78, 5) is 15.4. The number of fused-ring (bicyclic) bond motifs is 2. The van der Waals surface area contributed by atoms with Crippen LogP contribution >= 0.6 is 11.6 Å². The molecule has 0 atom stereocenters. The number of hydrogen-bond acceptors (Lipinski definition) is 4. The van der Waals surface area contributed by atoms with Crippen molar-refractivity contribution in [1.82, 2.24) is 4.90 Å². The van der Waals surface area contributed by atoms with Crippen LogP contribution < -0.4 is 9.47 Å². The molecular formula is C31H24ClNO3. The monoisotopic (exact) mass is 493 g/mol. The van der Waals surface area contributed by atoms with Gasteiger partial charge in [0.1, 0.15) is 18.2 Å². The summed E-state index contributed by atoms with van der Waals surface area (Å²) >= 11 is 6.35. The molecule has 178 valence electrons. The van der Waals surface area contributed by atoms with E-state index in [2.05, 4.69) is 29.2 Å². The maximum Gasteiger partial charge on any atom is 0.231 e. The number of halogens is 1. The summed E-state index contributed by atoms with van der Waals surface area (Å²) in [6.07, 6.45) is 1.81. The zero-order chi connectivity index (χ0) is 24.6. The number of carbonyl (C=O) groups is 1. The van der Waals surface area contributed by atoms with Gasteiger partial charge in [0.15, 0.2) is 5.76 Å². The fourth-order valence-electron chi connectivity index (χ4n) is 4.82. The Kier molecular flexibility index (Phi) is 5.84. The van der Waals surface area contributed by atoms with E-state index in [-0.39, 0.29) is 5.78 Å². The predicted octanol–water partition coefficient (Wildman–Crippen LogP) is 7.28. The minimum atomic E-state index is -0.105. The number of ketones is 1. The summed E-state index contributed by atoms with van der Waals surface area (Å²) < 4.78 is 12.2. The van der Waals surface area contributed by atoms with Crippen molar-refractivity contribution in [2.75, 3.05) is 6.73 Å². The Morgan fingerprint density at radius 1 is 0.917 bits per heavy atom. The number of allylic oxidation sites excluding steroid dienone is 1. The van der Waals surface area contributed by atoms with Crippen LogP contribution in [0.5, 0.6) is 11.5 Å². The Morgan fingerprint density at radius 3 is 2.42 bits per heavy atom. The second kappa shape index (κ2) is 9.30. The van der Waals surface area contributed by atoms with Crippen LogP contribution in [0.3, 0.4) is 0 Å². The van der Waals surface area contributed by atoms with Crippen LogP contribution in [0.1, 0.15) is 32.6 Å². The maximum atomic E-state index is 13.3. The largest absolute Gasteiger partial charge is 0.477 e. The summed E-state index contributed by atoms with van der Waals surface area (Å²) in [6.45, 7) is 3.74. The number of Topliss-reactive ketones (excluding diaryl/α,β-unsaturated/α-hetero) is 1. The van der Waals surface area contributed by atoms with E-state index in [4.69, 9.17) is 21.1 Å². The van der Waals surface area contributed by atoms with Gasteiger partial charge in [-0.15, -0.1) is 0 Å². The van der Waals surface area contributed by atoms with Gasteiger partial charge in [0.2, 0.25) is 5.78 Å². The molecule has 4 aromatic carbocycles. The van der Waals surface area contributed by atoms with E-state index < -0.39 is 0 Å². The van der Waals surface area contributed by atoms with E-state index in [1.165, 1.54) is 0 Å². The molecule has 0 aromatic heterocycles. The first kappa shape index (κ1) is 22.6. The molecule has 0 spiro atoms. The summed E-state index contributed by atoms with van der Waals surface area (Å²) in [5.41, 5.74) is 6.67. The van der Waals surface area contributed by atoms with Crippen molar-refractivity contribution in [1.29, 1.82) is 0 Å². The van der Waals surface area contributed by atoms with Gasteiger partial charge >= 0.3 is 0 Å². The molecule has 6 rings (SSSR count). The molecule has 0 amide bonds. The van der Waals surface area contributed by atoms with Crippen LogP contribution in [-0.2, 0) is 13.1 Å². The molecule has 0 fully saturated rings. The van der Waals surface area contributed by atoms with Crippen LogP contribution in [-0.4, -0.2) is 17.4 Å². The normalized spacial score (nSPS) is 15.8. The Hall–Kier alpha value is -3.86. The molecule has 0 N–H and O–H groups in total. The third kappa shape index (κ3) is 4.19. The highest BCUT2D eigenvalue weighted by Crippen LogP contribution is 2.43. The van der Waals surface area contributed by atoms with Gasteiger partial charge in [0, 0.05) is 29.2 Å². The lowest BCUT2D eigenvalue weighted by molar-refractivity contribution is 0.0877. The maximum absolute atomic E-state index is 13.3. The Bertz CT molecular complexity index is 1490. The van der Waals surface area contributed by atoms with Gasteiger partial charge in [-0.05, 0) is 47.4 Å². The van der Waals surface area contributed by atoms with Crippen LogP contribution in [0.25, 0.3) is 17.2 Å². The van der Waals surface area contributed by atoms with Gasteiger partial charge < -0.3 is 9.47 Å². The molecule has 0 unspecified atom stereocenters. The first-order valence-corrected chi connectivity index (χ1v) is 12.3. The molecule has 0 saturated heterocycles. The van der Waals surface area contributed by atoms with Gasteiger partial charge in [-0.1, -0.05) is 84.4 Å². The van der Waals surface area contributed by atoms with Gasteiger partial charge in [-0.3, -0.25) is 9.69 Å². The number of rotatable bonds is 4. The first-order chi connectivity index (χ1) is 17.6. The summed E-state index contributed by atoms with van der Waals surface area (Å²) in [6, 6.07) is 28.1. The van der Waals surface area contributed by atoms with Crippen molar-refractivity contribution in [2.45, 2.75) is 20.0 Å². The second-order valence-corrected chi connectivity index (χ2v) is 9.55. The highest BCUT2D eigenvalue weighted by atomic mass is 35.5. The summed E-state index contributed by atoms with van der Waals surface area (Å²) in [5, 5.41) is 0.739. The van der Waals surface area contributed by atoms with E-state index in [9.17, 15) is 4.79 Å². The summed E-state index contributed by atoms with van der Waals surface area (Å²) in [5.74, 6) is 1.61.